The number of piperidine rings is 1. The number of carbonyl (C=O) groups excluding carboxylic acids is 2. The molecule has 1 heterocycles. The Balaban J connectivity index is 1.88. The van der Waals surface area contributed by atoms with Gasteiger partial charge in [0.2, 0.25) is 11.8 Å². The smallest absolute Gasteiger partial charge is 0.230 e. The van der Waals surface area contributed by atoms with Crippen LogP contribution in [-0.4, -0.2) is 62.5 Å². The minimum absolute atomic E-state index is 0.0607. The molecule has 0 N–H and O–H groups in total. The first-order chi connectivity index (χ1) is 14.4. The zero-order valence-electron chi connectivity index (χ0n) is 18.3. The molecule has 1 aliphatic rings. The molecule has 2 amide bonds. The van der Waals surface area contributed by atoms with Gasteiger partial charge in [0, 0.05) is 34.3 Å². The SMILES string of the molecule is COCCC(=O)N1CCC[C@@](Cc2cccc(-c3ccccc3)c2)(C(=O)N(C)C)C1. The van der Waals surface area contributed by atoms with Crippen LogP contribution in [0.3, 0.4) is 0 Å². The van der Waals surface area contributed by atoms with Crippen molar-refractivity contribution in [3.05, 3.63) is 60.2 Å². The number of rotatable bonds is 7. The molecule has 160 valence electrons. The highest BCUT2D eigenvalue weighted by atomic mass is 16.5. The summed E-state index contributed by atoms with van der Waals surface area (Å²) in [5.74, 6) is 0.155. The van der Waals surface area contributed by atoms with Gasteiger partial charge in [-0.25, -0.2) is 0 Å². The van der Waals surface area contributed by atoms with Gasteiger partial charge >= 0.3 is 0 Å². The molecule has 30 heavy (non-hydrogen) atoms. The lowest BCUT2D eigenvalue weighted by atomic mass is 9.73. The summed E-state index contributed by atoms with van der Waals surface area (Å²) in [5, 5.41) is 0. The van der Waals surface area contributed by atoms with Gasteiger partial charge in [-0.2, -0.15) is 0 Å². The number of amides is 2. The highest BCUT2D eigenvalue weighted by Gasteiger charge is 2.44. The number of likely N-dealkylation sites (tertiary alicyclic amines) is 1. The molecule has 0 saturated carbocycles. The van der Waals surface area contributed by atoms with Crippen molar-refractivity contribution < 1.29 is 14.3 Å². The van der Waals surface area contributed by atoms with Crippen molar-refractivity contribution in [3.8, 4) is 11.1 Å². The van der Waals surface area contributed by atoms with E-state index in [0.29, 0.717) is 32.5 Å². The fourth-order valence-electron chi connectivity index (χ4n) is 4.44. The molecule has 2 aromatic rings. The zero-order valence-corrected chi connectivity index (χ0v) is 18.3. The topological polar surface area (TPSA) is 49.9 Å². The van der Waals surface area contributed by atoms with E-state index < -0.39 is 5.41 Å². The molecule has 1 atom stereocenters. The van der Waals surface area contributed by atoms with Crippen LogP contribution >= 0.6 is 0 Å². The highest BCUT2D eigenvalue weighted by Crippen LogP contribution is 2.36. The van der Waals surface area contributed by atoms with Crippen LogP contribution in [0.25, 0.3) is 11.1 Å². The molecule has 3 rings (SSSR count). The van der Waals surface area contributed by atoms with Crippen LogP contribution in [0.4, 0.5) is 0 Å². The predicted molar refractivity (Wildman–Crippen MR) is 119 cm³/mol. The monoisotopic (exact) mass is 408 g/mol. The largest absolute Gasteiger partial charge is 0.384 e. The summed E-state index contributed by atoms with van der Waals surface area (Å²) in [5.41, 5.74) is 2.83. The van der Waals surface area contributed by atoms with Crippen LogP contribution < -0.4 is 0 Å². The molecule has 1 aliphatic heterocycles. The Hall–Kier alpha value is -2.66. The maximum atomic E-state index is 13.3. The number of carbonyl (C=O) groups is 2. The van der Waals surface area contributed by atoms with Crippen molar-refractivity contribution in [2.45, 2.75) is 25.7 Å². The molecule has 0 unspecified atom stereocenters. The Labute approximate surface area is 179 Å². The van der Waals surface area contributed by atoms with Crippen molar-refractivity contribution in [2.24, 2.45) is 5.41 Å². The summed E-state index contributed by atoms with van der Waals surface area (Å²) >= 11 is 0. The normalized spacial score (nSPS) is 18.8. The van der Waals surface area contributed by atoms with Crippen LogP contribution in [0.1, 0.15) is 24.8 Å². The quantitative estimate of drug-likeness (QED) is 0.703. The standard InChI is InChI=1S/C25H32N2O3/c1-26(2)24(29)25(14-8-15-27(19-25)23(28)13-16-30-3)18-20-9-7-12-22(17-20)21-10-5-4-6-11-21/h4-7,9-12,17H,8,13-16,18-19H2,1-3H3/t25-/m0/s1. The Morgan fingerprint density at radius 1 is 1.07 bits per heavy atom. The lowest BCUT2D eigenvalue weighted by Gasteiger charge is -2.43. The average Bonchev–Trinajstić information content (AvgIpc) is 2.77. The summed E-state index contributed by atoms with van der Waals surface area (Å²) in [6.07, 6.45) is 2.59. The van der Waals surface area contributed by atoms with E-state index in [4.69, 9.17) is 4.74 Å². The minimum Gasteiger partial charge on any atom is -0.384 e. The number of hydrogen-bond acceptors (Lipinski definition) is 3. The first-order valence-electron chi connectivity index (χ1n) is 10.6. The van der Waals surface area contributed by atoms with Gasteiger partial charge in [0.1, 0.15) is 0 Å². The molecule has 0 bridgehead atoms. The summed E-state index contributed by atoms with van der Waals surface area (Å²) < 4.78 is 5.07. The van der Waals surface area contributed by atoms with Gasteiger partial charge in [-0.1, -0.05) is 54.6 Å². The van der Waals surface area contributed by atoms with Crippen molar-refractivity contribution in [3.63, 3.8) is 0 Å². The van der Waals surface area contributed by atoms with Gasteiger partial charge < -0.3 is 14.5 Å². The van der Waals surface area contributed by atoms with Gasteiger partial charge in [0.15, 0.2) is 0 Å². The average molecular weight is 409 g/mol. The molecule has 0 aromatic heterocycles. The second kappa shape index (κ2) is 9.90. The van der Waals surface area contributed by atoms with Crippen molar-refractivity contribution in [1.82, 2.24) is 9.80 Å². The summed E-state index contributed by atoms with van der Waals surface area (Å²) in [4.78, 5) is 29.5. The third-order valence-corrected chi connectivity index (χ3v) is 5.89. The van der Waals surface area contributed by atoms with E-state index >= 15 is 0 Å². The molecule has 0 aliphatic carbocycles. The van der Waals surface area contributed by atoms with E-state index in [0.717, 1.165) is 29.5 Å². The van der Waals surface area contributed by atoms with Crippen molar-refractivity contribution >= 4 is 11.8 Å². The molecular formula is C25H32N2O3. The molecule has 1 fully saturated rings. The van der Waals surface area contributed by atoms with Crippen molar-refractivity contribution in [2.75, 3.05) is 40.9 Å². The molecule has 0 radical (unpaired) electrons. The fraction of sp³-hybridized carbons (Fsp3) is 0.440. The van der Waals surface area contributed by atoms with E-state index in [1.54, 1.807) is 26.1 Å². The van der Waals surface area contributed by atoms with Crippen LogP contribution in [0.5, 0.6) is 0 Å². The maximum Gasteiger partial charge on any atom is 0.230 e. The van der Waals surface area contributed by atoms with E-state index in [2.05, 4.69) is 36.4 Å². The second-order valence-electron chi connectivity index (χ2n) is 8.38. The van der Waals surface area contributed by atoms with Crippen LogP contribution in [0.2, 0.25) is 0 Å². The molecule has 1 saturated heterocycles. The number of benzene rings is 2. The third-order valence-electron chi connectivity index (χ3n) is 5.89. The fourth-order valence-corrected chi connectivity index (χ4v) is 4.44. The number of methoxy groups -OCH3 is 1. The Morgan fingerprint density at radius 2 is 1.80 bits per heavy atom. The molecular weight excluding hydrogens is 376 g/mol. The Kier molecular flexibility index (Phi) is 7.27. The van der Waals surface area contributed by atoms with Gasteiger partial charge in [0.25, 0.3) is 0 Å². The lowest BCUT2D eigenvalue weighted by Crippen LogP contribution is -2.54. The van der Waals surface area contributed by atoms with Crippen molar-refractivity contribution in [1.29, 1.82) is 0 Å². The van der Waals surface area contributed by atoms with E-state index in [1.807, 2.05) is 23.1 Å². The summed E-state index contributed by atoms with van der Waals surface area (Å²) in [7, 11) is 5.20. The predicted octanol–water partition coefficient (Wildman–Crippen LogP) is 3.63. The molecule has 0 spiro atoms. The van der Waals surface area contributed by atoms with Gasteiger partial charge in [-0.05, 0) is 36.0 Å². The van der Waals surface area contributed by atoms with E-state index in [1.165, 1.54) is 0 Å². The Morgan fingerprint density at radius 3 is 2.50 bits per heavy atom. The van der Waals surface area contributed by atoms with Gasteiger partial charge in [0.05, 0.1) is 18.4 Å². The molecule has 5 heteroatoms. The maximum absolute atomic E-state index is 13.3. The van der Waals surface area contributed by atoms with E-state index in [-0.39, 0.29) is 11.8 Å². The van der Waals surface area contributed by atoms with Gasteiger partial charge in [-0.3, -0.25) is 9.59 Å². The number of hydrogen-bond donors (Lipinski definition) is 0. The summed E-state index contributed by atoms with van der Waals surface area (Å²) in [6, 6.07) is 18.7. The minimum atomic E-state index is -0.597. The first-order valence-corrected chi connectivity index (χ1v) is 10.6. The third kappa shape index (κ3) is 5.08. The Bertz CT molecular complexity index is 866. The highest BCUT2D eigenvalue weighted by molar-refractivity contribution is 5.85. The summed E-state index contributed by atoms with van der Waals surface area (Å²) in [6.45, 7) is 1.57. The first kappa shape index (κ1) is 22.0. The number of ether oxygens (including phenoxy) is 1. The van der Waals surface area contributed by atoms with Gasteiger partial charge in [-0.15, -0.1) is 0 Å². The van der Waals surface area contributed by atoms with Crippen LogP contribution in [-0.2, 0) is 20.7 Å². The zero-order chi connectivity index (χ0) is 21.6. The molecule has 5 nitrogen and oxygen atoms in total. The lowest BCUT2D eigenvalue weighted by molar-refractivity contribution is -0.147. The van der Waals surface area contributed by atoms with Crippen LogP contribution in [0.15, 0.2) is 54.6 Å². The van der Waals surface area contributed by atoms with E-state index in [9.17, 15) is 9.59 Å². The molecule has 2 aromatic carbocycles. The second-order valence-corrected chi connectivity index (χ2v) is 8.38. The number of nitrogens with zero attached hydrogens (tertiary/aromatic N) is 2. The van der Waals surface area contributed by atoms with Crippen LogP contribution in [0, 0.1) is 5.41 Å².